The summed E-state index contributed by atoms with van der Waals surface area (Å²) in [5.41, 5.74) is 1.59. The minimum absolute atomic E-state index is 0.00422. The molecule has 0 spiro atoms. The van der Waals surface area contributed by atoms with Gasteiger partial charge in [-0.2, -0.15) is 0 Å². The molecule has 2 heterocycles. The van der Waals surface area contributed by atoms with Crippen LogP contribution in [0.1, 0.15) is 25.3 Å². The first-order valence-electron chi connectivity index (χ1n) is 9.43. The molecule has 7 heteroatoms. The fourth-order valence-corrected chi connectivity index (χ4v) is 3.10. The zero-order valence-electron chi connectivity index (χ0n) is 15.9. The Morgan fingerprint density at radius 2 is 2.00 bits per heavy atom. The highest BCUT2D eigenvalue weighted by molar-refractivity contribution is 5.93. The van der Waals surface area contributed by atoms with Gasteiger partial charge in [-0.25, -0.2) is 14.8 Å². The summed E-state index contributed by atoms with van der Waals surface area (Å²) >= 11 is 0. The van der Waals surface area contributed by atoms with Crippen LogP contribution >= 0.6 is 0 Å². The van der Waals surface area contributed by atoms with Gasteiger partial charge in [0, 0.05) is 37.2 Å². The third-order valence-electron chi connectivity index (χ3n) is 4.50. The second-order valence-corrected chi connectivity index (χ2v) is 6.53. The number of piperidine rings is 1. The third-order valence-corrected chi connectivity index (χ3v) is 4.50. The standard InChI is InChI=1S/C21H24N4O3/c1-2-28-19(26)11-8-16-6-9-18(10-7-16)24-20(27)17-5-3-14-25(15-17)21-22-12-4-13-23-21/h4,6-13,17H,2-3,5,14-15H2,1H3,(H,24,27)/b11-8+. The number of nitrogens with one attached hydrogen (secondary N) is 1. The van der Waals surface area contributed by atoms with Gasteiger partial charge < -0.3 is 15.0 Å². The zero-order chi connectivity index (χ0) is 19.8. The lowest BCUT2D eigenvalue weighted by Crippen LogP contribution is -2.41. The van der Waals surface area contributed by atoms with E-state index in [9.17, 15) is 9.59 Å². The van der Waals surface area contributed by atoms with Gasteiger partial charge in [-0.05, 0) is 49.6 Å². The first kappa shape index (κ1) is 19.5. The minimum atomic E-state index is -0.371. The minimum Gasteiger partial charge on any atom is -0.463 e. The molecule has 1 unspecified atom stereocenters. The Hall–Kier alpha value is -3.22. The summed E-state index contributed by atoms with van der Waals surface area (Å²) in [7, 11) is 0. The molecule has 1 saturated heterocycles. The van der Waals surface area contributed by atoms with Gasteiger partial charge in [0.2, 0.25) is 11.9 Å². The van der Waals surface area contributed by atoms with Crippen molar-refractivity contribution in [2.75, 3.05) is 29.9 Å². The number of nitrogens with zero attached hydrogens (tertiary/aromatic N) is 3. The lowest BCUT2D eigenvalue weighted by molar-refractivity contribution is -0.137. The molecule has 0 bridgehead atoms. The molecule has 1 aliphatic heterocycles. The van der Waals surface area contributed by atoms with Gasteiger partial charge in [-0.1, -0.05) is 12.1 Å². The van der Waals surface area contributed by atoms with Crippen LogP contribution in [0.5, 0.6) is 0 Å². The van der Waals surface area contributed by atoms with Crippen molar-refractivity contribution in [2.24, 2.45) is 5.92 Å². The molecule has 146 valence electrons. The fourth-order valence-electron chi connectivity index (χ4n) is 3.10. The van der Waals surface area contributed by atoms with Crippen LogP contribution in [0.2, 0.25) is 0 Å². The topological polar surface area (TPSA) is 84.4 Å². The first-order chi connectivity index (χ1) is 13.7. The molecule has 28 heavy (non-hydrogen) atoms. The van der Waals surface area contributed by atoms with Crippen LogP contribution in [0.3, 0.4) is 0 Å². The van der Waals surface area contributed by atoms with E-state index in [-0.39, 0.29) is 17.8 Å². The van der Waals surface area contributed by atoms with Gasteiger partial charge in [0.05, 0.1) is 12.5 Å². The van der Waals surface area contributed by atoms with E-state index < -0.39 is 0 Å². The number of amides is 1. The zero-order valence-corrected chi connectivity index (χ0v) is 15.9. The number of benzene rings is 1. The van der Waals surface area contributed by atoms with Gasteiger partial charge in [0.25, 0.3) is 0 Å². The number of rotatable bonds is 6. The monoisotopic (exact) mass is 380 g/mol. The molecule has 0 saturated carbocycles. The van der Waals surface area contributed by atoms with Gasteiger partial charge in [0.15, 0.2) is 0 Å². The second kappa shape index (κ2) is 9.64. The maximum Gasteiger partial charge on any atom is 0.330 e. The van der Waals surface area contributed by atoms with Crippen LogP contribution in [0.15, 0.2) is 48.8 Å². The van der Waals surface area contributed by atoms with Crippen molar-refractivity contribution in [3.8, 4) is 0 Å². The van der Waals surface area contributed by atoms with Crippen molar-refractivity contribution in [2.45, 2.75) is 19.8 Å². The lowest BCUT2D eigenvalue weighted by Gasteiger charge is -2.31. The van der Waals surface area contributed by atoms with Crippen LogP contribution in [-0.2, 0) is 14.3 Å². The van der Waals surface area contributed by atoms with Crippen molar-refractivity contribution in [3.63, 3.8) is 0 Å². The maximum atomic E-state index is 12.7. The van der Waals surface area contributed by atoms with Gasteiger partial charge in [-0.15, -0.1) is 0 Å². The van der Waals surface area contributed by atoms with Crippen molar-refractivity contribution >= 4 is 29.6 Å². The summed E-state index contributed by atoms with van der Waals surface area (Å²) in [6.45, 7) is 3.58. The van der Waals surface area contributed by atoms with Crippen LogP contribution in [0.25, 0.3) is 6.08 Å². The fraction of sp³-hybridized carbons (Fsp3) is 0.333. The van der Waals surface area contributed by atoms with E-state index in [4.69, 9.17) is 4.74 Å². The lowest BCUT2D eigenvalue weighted by atomic mass is 9.97. The SMILES string of the molecule is CCOC(=O)/C=C/c1ccc(NC(=O)C2CCCN(c3ncccn3)C2)cc1. The molecule has 1 fully saturated rings. The van der Waals surface area contributed by atoms with E-state index in [1.165, 1.54) is 6.08 Å². The van der Waals surface area contributed by atoms with E-state index in [0.29, 0.717) is 19.1 Å². The predicted octanol–water partition coefficient (Wildman–Crippen LogP) is 2.91. The number of carbonyl (C=O) groups excluding carboxylic acids is 2. The third kappa shape index (κ3) is 5.39. The Bertz CT molecular complexity index is 821. The van der Waals surface area contributed by atoms with Crippen molar-refractivity contribution < 1.29 is 14.3 Å². The Morgan fingerprint density at radius 3 is 2.71 bits per heavy atom. The molecule has 1 amide bonds. The summed E-state index contributed by atoms with van der Waals surface area (Å²) in [5.74, 6) is 0.179. The molecule has 1 aromatic carbocycles. The van der Waals surface area contributed by atoms with Crippen LogP contribution in [0, 0.1) is 5.92 Å². The highest BCUT2D eigenvalue weighted by Crippen LogP contribution is 2.22. The van der Waals surface area contributed by atoms with Gasteiger partial charge in [-0.3, -0.25) is 4.79 Å². The molecule has 0 aliphatic carbocycles. The Morgan fingerprint density at radius 1 is 1.25 bits per heavy atom. The Balaban J connectivity index is 1.56. The summed E-state index contributed by atoms with van der Waals surface area (Å²) in [5, 5.41) is 2.97. The summed E-state index contributed by atoms with van der Waals surface area (Å²) in [4.78, 5) is 34.6. The maximum absolute atomic E-state index is 12.7. The first-order valence-corrected chi connectivity index (χ1v) is 9.43. The van der Waals surface area contributed by atoms with Crippen LogP contribution in [-0.4, -0.2) is 41.5 Å². The molecule has 0 radical (unpaired) electrons. The molecule has 1 atom stereocenters. The van der Waals surface area contributed by atoms with Crippen molar-refractivity contribution in [1.82, 2.24) is 9.97 Å². The normalized spacial score (nSPS) is 16.8. The number of anilines is 2. The molecule has 1 aromatic heterocycles. The number of esters is 1. The Labute approximate surface area is 164 Å². The smallest absolute Gasteiger partial charge is 0.330 e. The quantitative estimate of drug-likeness (QED) is 0.613. The average Bonchev–Trinajstić information content (AvgIpc) is 2.74. The predicted molar refractivity (Wildman–Crippen MR) is 108 cm³/mol. The van der Waals surface area contributed by atoms with Gasteiger partial charge in [0.1, 0.15) is 0 Å². The molecule has 1 aliphatic rings. The summed E-state index contributed by atoms with van der Waals surface area (Å²) < 4.78 is 4.85. The van der Waals surface area contributed by atoms with E-state index in [1.807, 2.05) is 24.3 Å². The average molecular weight is 380 g/mol. The number of carbonyl (C=O) groups is 2. The highest BCUT2D eigenvalue weighted by Gasteiger charge is 2.27. The van der Waals surface area contributed by atoms with E-state index >= 15 is 0 Å². The molecule has 1 N–H and O–H groups in total. The van der Waals surface area contributed by atoms with Crippen LogP contribution < -0.4 is 10.2 Å². The Kier molecular flexibility index (Phi) is 6.73. The largest absolute Gasteiger partial charge is 0.463 e. The number of hydrogen-bond acceptors (Lipinski definition) is 6. The summed E-state index contributed by atoms with van der Waals surface area (Å²) in [6.07, 6.45) is 8.26. The molecular weight excluding hydrogens is 356 g/mol. The molecule has 2 aromatic rings. The number of ether oxygens (including phenoxy) is 1. The molecule has 7 nitrogen and oxygen atoms in total. The van der Waals surface area contributed by atoms with E-state index in [1.54, 1.807) is 31.5 Å². The number of aromatic nitrogens is 2. The van der Waals surface area contributed by atoms with E-state index in [2.05, 4.69) is 20.2 Å². The second-order valence-electron chi connectivity index (χ2n) is 6.53. The summed E-state index contributed by atoms with van der Waals surface area (Å²) in [6, 6.07) is 9.11. The molecule has 3 rings (SSSR count). The van der Waals surface area contributed by atoms with Crippen molar-refractivity contribution in [3.05, 3.63) is 54.4 Å². The van der Waals surface area contributed by atoms with Gasteiger partial charge >= 0.3 is 5.97 Å². The van der Waals surface area contributed by atoms with E-state index in [0.717, 1.165) is 30.6 Å². The highest BCUT2D eigenvalue weighted by atomic mass is 16.5. The number of hydrogen-bond donors (Lipinski definition) is 1. The van der Waals surface area contributed by atoms with Crippen LogP contribution in [0.4, 0.5) is 11.6 Å². The van der Waals surface area contributed by atoms with Crippen molar-refractivity contribution in [1.29, 1.82) is 0 Å². The molecular formula is C21H24N4O3.